The highest BCUT2D eigenvalue weighted by Gasteiger charge is 2.39. The van der Waals surface area contributed by atoms with Gasteiger partial charge in [-0.3, -0.25) is 14.5 Å². The Balaban J connectivity index is 1.80. The molecule has 0 atom stereocenters. The van der Waals surface area contributed by atoms with Gasteiger partial charge in [0.15, 0.2) is 0 Å². The van der Waals surface area contributed by atoms with Gasteiger partial charge in [0.1, 0.15) is 5.70 Å². The lowest BCUT2D eigenvalue weighted by Crippen LogP contribution is -2.32. The molecular formula is C26H22Cl2N2O2. The lowest BCUT2D eigenvalue weighted by Gasteiger charge is -2.16. The molecule has 1 aliphatic heterocycles. The number of amides is 2. The highest BCUT2D eigenvalue weighted by Crippen LogP contribution is 2.34. The van der Waals surface area contributed by atoms with Crippen LogP contribution >= 0.6 is 23.2 Å². The van der Waals surface area contributed by atoms with Crippen LogP contribution in [0.4, 0.5) is 5.69 Å². The van der Waals surface area contributed by atoms with E-state index in [4.69, 9.17) is 23.2 Å². The zero-order valence-electron chi connectivity index (χ0n) is 18.0. The molecule has 0 unspecified atom stereocenters. The van der Waals surface area contributed by atoms with Gasteiger partial charge in [-0.2, -0.15) is 0 Å². The summed E-state index contributed by atoms with van der Waals surface area (Å²) in [6.07, 6.45) is 0. The molecule has 2 amide bonds. The van der Waals surface area contributed by atoms with Gasteiger partial charge in [0, 0.05) is 15.7 Å². The Labute approximate surface area is 197 Å². The van der Waals surface area contributed by atoms with E-state index >= 15 is 0 Å². The van der Waals surface area contributed by atoms with Gasteiger partial charge in [-0.05, 0) is 72.9 Å². The van der Waals surface area contributed by atoms with Gasteiger partial charge in [-0.25, -0.2) is 0 Å². The predicted molar refractivity (Wildman–Crippen MR) is 130 cm³/mol. The Hall–Kier alpha value is -3.08. The number of hydrogen-bond donors (Lipinski definition) is 1. The molecule has 0 saturated heterocycles. The van der Waals surface area contributed by atoms with Crippen LogP contribution in [0.5, 0.6) is 0 Å². The quantitative estimate of drug-likeness (QED) is 0.449. The topological polar surface area (TPSA) is 49.4 Å². The molecule has 1 heterocycles. The van der Waals surface area contributed by atoms with Crippen LogP contribution in [0.15, 0.2) is 66.4 Å². The van der Waals surface area contributed by atoms with Crippen LogP contribution in [0.25, 0.3) is 5.57 Å². The van der Waals surface area contributed by atoms with E-state index in [1.54, 1.807) is 18.2 Å². The van der Waals surface area contributed by atoms with Gasteiger partial charge in [-0.15, -0.1) is 0 Å². The van der Waals surface area contributed by atoms with E-state index in [0.29, 0.717) is 32.4 Å². The second-order valence-electron chi connectivity index (χ2n) is 7.92. The van der Waals surface area contributed by atoms with Crippen molar-refractivity contribution in [2.75, 3.05) is 5.32 Å². The fourth-order valence-corrected chi connectivity index (χ4v) is 4.12. The standard InChI is InChI=1S/C26H22Cl2N2O2/c1-15-8-9-18(12-16(15)2)23-24(29-22-11-10-20(27)13-17(22)3)26(32)30(25(23)31)14-19-6-4-5-7-21(19)28/h4-13,29H,14H2,1-3H3. The molecule has 3 aromatic carbocycles. The van der Waals surface area contributed by atoms with Gasteiger partial charge in [0.05, 0.1) is 12.1 Å². The molecule has 3 aromatic rings. The molecule has 0 aromatic heterocycles. The Morgan fingerprint density at radius 1 is 0.812 bits per heavy atom. The highest BCUT2D eigenvalue weighted by atomic mass is 35.5. The fourth-order valence-electron chi connectivity index (χ4n) is 3.70. The first-order chi connectivity index (χ1) is 15.3. The van der Waals surface area contributed by atoms with Gasteiger partial charge in [0.2, 0.25) is 0 Å². The van der Waals surface area contributed by atoms with Crippen molar-refractivity contribution >= 4 is 46.3 Å². The van der Waals surface area contributed by atoms with Crippen LogP contribution in [0.1, 0.15) is 27.8 Å². The number of carbonyl (C=O) groups is 2. The summed E-state index contributed by atoms with van der Waals surface area (Å²) in [7, 11) is 0. The maximum atomic E-state index is 13.5. The average Bonchev–Trinajstić information content (AvgIpc) is 2.98. The van der Waals surface area contributed by atoms with Crippen LogP contribution < -0.4 is 5.32 Å². The molecule has 32 heavy (non-hydrogen) atoms. The maximum Gasteiger partial charge on any atom is 0.278 e. The fraction of sp³-hybridized carbons (Fsp3) is 0.154. The molecule has 0 radical (unpaired) electrons. The lowest BCUT2D eigenvalue weighted by atomic mass is 9.99. The molecule has 4 rings (SSSR count). The van der Waals surface area contributed by atoms with E-state index in [9.17, 15) is 9.59 Å². The van der Waals surface area contributed by atoms with Crippen molar-refractivity contribution in [1.29, 1.82) is 0 Å². The van der Waals surface area contributed by atoms with Gasteiger partial charge in [0.25, 0.3) is 11.8 Å². The molecule has 1 N–H and O–H groups in total. The number of nitrogens with one attached hydrogen (secondary N) is 1. The van der Waals surface area contributed by atoms with Crippen LogP contribution in [0.2, 0.25) is 10.0 Å². The average molecular weight is 465 g/mol. The second kappa shape index (κ2) is 8.81. The van der Waals surface area contributed by atoms with Crippen molar-refractivity contribution in [2.24, 2.45) is 0 Å². The first-order valence-corrected chi connectivity index (χ1v) is 11.0. The van der Waals surface area contributed by atoms with Crippen molar-refractivity contribution in [3.63, 3.8) is 0 Å². The third kappa shape index (κ3) is 4.16. The number of nitrogens with zero attached hydrogens (tertiary/aromatic N) is 1. The summed E-state index contributed by atoms with van der Waals surface area (Å²) in [6, 6.07) is 18.3. The summed E-state index contributed by atoms with van der Waals surface area (Å²) in [5, 5.41) is 4.32. The Kier molecular flexibility index (Phi) is 6.09. The Morgan fingerprint density at radius 3 is 2.25 bits per heavy atom. The van der Waals surface area contributed by atoms with Gasteiger partial charge < -0.3 is 5.32 Å². The summed E-state index contributed by atoms with van der Waals surface area (Å²) in [6.45, 7) is 5.98. The van der Waals surface area contributed by atoms with E-state index in [2.05, 4.69) is 5.32 Å². The summed E-state index contributed by atoms with van der Waals surface area (Å²) in [4.78, 5) is 28.2. The molecule has 0 spiro atoms. The molecular weight excluding hydrogens is 443 g/mol. The van der Waals surface area contributed by atoms with Crippen molar-refractivity contribution in [3.8, 4) is 0 Å². The van der Waals surface area contributed by atoms with E-state index < -0.39 is 5.91 Å². The number of hydrogen-bond acceptors (Lipinski definition) is 3. The zero-order valence-corrected chi connectivity index (χ0v) is 19.5. The summed E-state index contributed by atoms with van der Waals surface area (Å²) < 4.78 is 0. The number of halogens is 2. The zero-order chi connectivity index (χ0) is 23.0. The second-order valence-corrected chi connectivity index (χ2v) is 8.76. The SMILES string of the molecule is Cc1ccc(C2=C(Nc3ccc(Cl)cc3C)C(=O)N(Cc3ccccc3Cl)C2=O)cc1C. The molecule has 0 bridgehead atoms. The van der Waals surface area contributed by atoms with Crippen LogP contribution in [0, 0.1) is 20.8 Å². The highest BCUT2D eigenvalue weighted by molar-refractivity contribution is 6.37. The van der Waals surface area contributed by atoms with Crippen molar-refractivity contribution in [1.82, 2.24) is 4.90 Å². The summed E-state index contributed by atoms with van der Waals surface area (Å²) in [5.74, 6) is -0.746. The molecule has 0 fully saturated rings. The minimum absolute atomic E-state index is 0.0937. The number of benzene rings is 3. The van der Waals surface area contributed by atoms with E-state index in [-0.39, 0.29) is 18.1 Å². The monoisotopic (exact) mass is 464 g/mol. The smallest absolute Gasteiger partial charge is 0.278 e. The van der Waals surface area contributed by atoms with Crippen molar-refractivity contribution in [3.05, 3.63) is 104 Å². The van der Waals surface area contributed by atoms with Gasteiger partial charge in [-0.1, -0.05) is 59.6 Å². The number of imide groups is 1. The third-order valence-corrected chi connectivity index (χ3v) is 6.30. The minimum atomic E-state index is -0.391. The first kappa shape index (κ1) is 22.1. The van der Waals surface area contributed by atoms with E-state index in [1.807, 2.05) is 63.2 Å². The van der Waals surface area contributed by atoms with Gasteiger partial charge >= 0.3 is 0 Å². The maximum absolute atomic E-state index is 13.5. The molecule has 6 heteroatoms. The predicted octanol–water partition coefficient (Wildman–Crippen LogP) is 6.31. The molecule has 4 nitrogen and oxygen atoms in total. The number of anilines is 1. The van der Waals surface area contributed by atoms with Crippen molar-refractivity contribution in [2.45, 2.75) is 27.3 Å². The van der Waals surface area contributed by atoms with Crippen molar-refractivity contribution < 1.29 is 9.59 Å². The molecule has 0 aliphatic carbocycles. The van der Waals surface area contributed by atoms with Crippen LogP contribution in [-0.4, -0.2) is 16.7 Å². The molecule has 0 saturated carbocycles. The normalized spacial score (nSPS) is 13.8. The molecule has 162 valence electrons. The third-order valence-electron chi connectivity index (χ3n) is 5.70. The number of aryl methyl sites for hydroxylation is 3. The first-order valence-electron chi connectivity index (χ1n) is 10.2. The van der Waals surface area contributed by atoms with Crippen LogP contribution in [-0.2, 0) is 16.1 Å². The largest absolute Gasteiger partial charge is 0.350 e. The van der Waals surface area contributed by atoms with Crippen LogP contribution in [0.3, 0.4) is 0 Å². The number of carbonyl (C=O) groups excluding carboxylic acids is 2. The Bertz CT molecular complexity index is 1280. The lowest BCUT2D eigenvalue weighted by molar-refractivity contribution is -0.137. The van der Waals surface area contributed by atoms with E-state index in [1.165, 1.54) is 4.90 Å². The summed E-state index contributed by atoms with van der Waals surface area (Å²) >= 11 is 12.4. The number of rotatable bonds is 5. The molecule has 1 aliphatic rings. The summed E-state index contributed by atoms with van der Waals surface area (Å²) in [5.41, 5.74) is 5.74. The van der Waals surface area contributed by atoms with E-state index in [0.717, 1.165) is 16.7 Å². The minimum Gasteiger partial charge on any atom is -0.350 e. The Morgan fingerprint density at radius 2 is 1.56 bits per heavy atom.